The lowest BCUT2D eigenvalue weighted by atomic mass is 10.2. The van der Waals surface area contributed by atoms with Crippen LogP contribution in [0.2, 0.25) is 0 Å². The lowest BCUT2D eigenvalue weighted by Gasteiger charge is -2.35. The minimum Gasteiger partial charge on any atom is -0.340 e. The highest BCUT2D eigenvalue weighted by molar-refractivity contribution is 5.74. The molecule has 5 rings (SSSR count). The van der Waals surface area contributed by atoms with Crippen molar-refractivity contribution in [2.45, 2.75) is 13.1 Å². The highest BCUT2D eigenvalue weighted by Crippen LogP contribution is 2.23. The van der Waals surface area contributed by atoms with Gasteiger partial charge in [0.1, 0.15) is 5.82 Å². The number of hydrogen-bond donors (Lipinski definition) is 0. The third kappa shape index (κ3) is 4.03. The molecule has 176 valence electrons. The summed E-state index contributed by atoms with van der Waals surface area (Å²) >= 11 is 0. The first-order valence-corrected chi connectivity index (χ1v) is 11.3. The van der Waals surface area contributed by atoms with E-state index < -0.39 is 5.69 Å². The molecular weight excluding hydrogens is 435 g/mol. The van der Waals surface area contributed by atoms with Gasteiger partial charge in [-0.3, -0.25) is 23.4 Å². The van der Waals surface area contributed by atoms with E-state index in [1.54, 1.807) is 7.05 Å². The van der Waals surface area contributed by atoms with Crippen molar-refractivity contribution in [1.29, 1.82) is 0 Å². The first kappa shape index (κ1) is 22.1. The maximum Gasteiger partial charge on any atom is 0.332 e. The fraction of sp³-hybridized carbons (Fsp3) is 0.320. The maximum atomic E-state index is 13.2. The average Bonchev–Trinajstić information content (AvgIpc) is 3.23. The molecule has 9 heteroatoms. The smallest absolute Gasteiger partial charge is 0.332 e. The average molecular weight is 463 g/mol. The highest BCUT2D eigenvalue weighted by Gasteiger charge is 2.25. The number of aromatic nitrogens is 4. The van der Waals surface area contributed by atoms with Crippen molar-refractivity contribution in [3.63, 3.8) is 0 Å². The molecule has 8 nitrogen and oxygen atoms in total. The zero-order valence-electron chi connectivity index (χ0n) is 19.3. The van der Waals surface area contributed by atoms with E-state index in [4.69, 9.17) is 4.98 Å². The van der Waals surface area contributed by atoms with Crippen LogP contribution in [-0.2, 0) is 27.2 Å². The Morgan fingerprint density at radius 2 is 1.47 bits per heavy atom. The van der Waals surface area contributed by atoms with Crippen LogP contribution in [0.1, 0.15) is 11.1 Å². The van der Waals surface area contributed by atoms with E-state index >= 15 is 0 Å². The fourth-order valence-corrected chi connectivity index (χ4v) is 4.55. The molecule has 1 fully saturated rings. The van der Waals surface area contributed by atoms with Crippen molar-refractivity contribution >= 4 is 17.1 Å². The van der Waals surface area contributed by atoms with Crippen molar-refractivity contribution in [3.8, 4) is 0 Å². The van der Waals surface area contributed by atoms with Crippen LogP contribution in [0.5, 0.6) is 0 Å². The van der Waals surface area contributed by atoms with Gasteiger partial charge in [-0.05, 0) is 23.3 Å². The molecule has 4 aromatic rings. The molecule has 1 aliphatic heterocycles. The minimum absolute atomic E-state index is 0.230. The van der Waals surface area contributed by atoms with Crippen LogP contribution in [0.15, 0.2) is 64.2 Å². The number of imidazole rings is 1. The summed E-state index contributed by atoms with van der Waals surface area (Å²) in [6, 6.07) is 16.5. The number of fused-ring (bicyclic) bond motifs is 1. The fourth-order valence-electron chi connectivity index (χ4n) is 4.55. The molecule has 0 radical (unpaired) electrons. The van der Waals surface area contributed by atoms with Gasteiger partial charge in [-0.1, -0.05) is 42.5 Å². The van der Waals surface area contributed by atoms with Gasteiger partial charge in [0, 0.05) is 46.8 Å². The molecule has 34 heavy (non-hydrogen) atoms. The molecule has 0 saturated carbocycles. The van der Waals surface area contributed by atoms with Gasteiger partial charge < -0.3 is 4.90 Å². The normalized spacial score (nSPS) is 14.7. The van der Waals surface area contributed by atoms with Gasteiger partial charge >= 0.3 is 5.69 Å². The Morgan fingerprint density at radius 3 is 2.15 bits per heavy atom. The molecule has 0 bridgehead atoms. The topological polar surface area (TPSA) is 68.3 Å². The van der Waals surface area contributed by atoms with E-state index in [1.165, 1.54) is 23.7 Å². The van der Waals surface area contributed by atoms with Crippen LogP contribution in [0.4, 0.5) is 10.3 Å². The largest absolute Gasteiger partial charge is 0.340 e. The zero-order chi connectivity index (χ0) is 23.8. The number of anilines is 1. The van der Waals surface area contributed by atoms with Crippen molar-refractivity contribution in [2.75, 3.05) is 31.1 Å². The number of benzene rings is 2. The number of piperazine rings is 1. The van der Waals surface area contributed by atoms with Gasteiger partial charge in [0.2, 0.25) is 5.95 Å². The van der Waals surface area contributed by atoms with E-state index in [-0.39, 0.29) is 11.4 Å². The monoisotopic (exact) mass is 462 g/mol. The number of rotatable bonds is 5. The Hall–Kier alpha value is -3.72. The van der Waals surface area contributed by atoms with Crippen LogP contribution < -0.4 is 16.1 Å². The van der Waals surface area contributed by atoms with Gasteiger partial charge in [0.15, 0.2) is 11.2 Å². The third-order valence-corrected chi connectivity index (χ3v) is 6.49. The molecule has 0 spiro atoms. The Labute approximate surface area is 196 Å². The van der Waals surface area contributed by atoms with Crippen molar-refractivity contribution in [3.05, 3.63) is 92.4 Å². The second-order valence-corrected chi connectivity index (χ2v) is 8.75. The number of nitrogens with zero attached hydrogens (tertiary/aromatic N) is 6. The summed E-state index contributed by atoms with van der Waals surface area (Å²) in [7, 11) is 3.15. The standard InChI is InChI=1S/C25H27FN6O2/c1-28-22-21(23(33)29(2)25(28)34)32(17-18-6-4-3-5-7-18)24(27-22)31-14-12-30(13-15-31)16-19-8-10-20(26)11-9-19/h3-11H,12-17H2,1-2H3. The van der Waals surface area contributed by atoms with Crippen molar-refractivity contribution in [1.82, 2.24) is 23.6 Å². The quantitative estimate of drug-likeness (QED) is 0.454. The van der Waals surface area contributed by atoms with Gasteiger partial charge in [0.25, 0.3) is 5.56 Å². The second kappa shape index (κ2) is 8.90. The summed E-state index contributed by atoms with van der Waals surface area (Å²) in [4.78, 5) is 34.9. The SMILES string of the molecule is Cn1c(=O)c2c(nc(N3CCN(Cc4ccc(F)cc4)CC3)n2Cc2ccccc2)n(C)c1=O. The molecule has 1 saturated heterocycles. The molecule has 2 aromatic carbocycles. The second-order valence-electron chi connectivity index (χ2n) is 8.75. The Bertz CT molecular complexity index is 1430. The van der Waals surface area contributed by atoms with Crippen LogP contribution in [0, 0.1) is 5.82 Å². The summed E-state index contributed by atoms with van der Waals surface area (Å²) in [5.74, 6) is 0.463. The van der Waals surface area contributed by atoms with Crippen molar-refractivity contribution in [2.24, 2.45) is 14.1 Å². The lowest BCUT2D eigenvalue weighted by Crippen LogP contribution is -2.47. The van der Waals surface area contributed by atoms with Gasteiger partial charge in [-0.15, -0.1) is 0 Å². The minimum atomic E-state index is -0.391. The lowest BCUT2D eigenvalue weighted by molar-refractivity contribution is 0.248. The van der Waals surface area contributed by atoms with Crippen LogP contribution in [0.25, 0.3) is 11.2 Å². The van der Waals surface area contributed by atoms with E-state index in [0.717, 1.165) is 48.4 Å². The summed E-state index contributed by atoms with van der Waals surface area (Å²) in [5.41, 5.74) is 2.21. The first-order valence-electron chi connectivity index (χ1n) is 11.3. The highest BCUT2D eigenvalue weighted by atomic mass is 19.1. The summed E-state index contributed by atoms with van der Waals surface area (Å²) < 4.78 is 17.7. The summed E-state index contributed by atoms with van der Waals surface area (Å²) in [6.07, 6.45) is 0. The molecule has 0 amide bonds. The molecule has 3 heterocycles. The number of hydrogen-bond acceptors (Lipinski definition) is 5. The maximum absolute atomic E-state index is 13.2. The Kier molecular flexibility index (Phi) is 5.79. The van der Waals surface area contributed by atoms with Gasteiger partial charge in [-0.25, -0.2) is 9.18 Å². The molecule has 0 aliphatic carbocycles. The number of halogens is 1. The first-order chi connectivity index (χ1) is 16.4. The van der Waals surface area contributed by atoms with E-state index in [9.17, 15) is 14.0 Å². The molecular formula is C25H27FN6O2. The van der Waals surface area contributed by atoms with E-state index in [1.807, 2.05) is 47.0 Å². The van der Waals surface area contributed by atoms with Gasteiger partial charge in [0.05, 0.1) is 6.54 Å². The van der Waals surface area contributed by atoms with Crippen LogP contribution in [-0.4, -0.2) is 49.8 Å². The predicted molar refractivity (Wildman–Crippen MR) is 130 cm³/mol. The Balaban J connectivity index is 1.48. The zero-order valence-corrected chi connectivity index (χ0v) is 19.3. The molecule has 2 aromatic heterocycles. The van der Waals surface area contributed by atoms with E-state index in [0.29, 0.717) is 23.7 Å². The van der Waals surface area contributed by atoms with Gasteiger partial charge in [-0.2, -0.15) is 4.98 Å². The summed E-state index contributed by atoms with van der Waals surface area (Å²) in [6.45, 7) is 4.31. The Morgan fingerprint density at radius 1 is 0.824 bits per heavy atom. The van der Waals surface area contributed by atoms with Crippen LogP contribution in [0.3, 0.4) is 0 Å². The number of aryl methyl sites for hydroxylation is 1. The molecule has 0 N–H and O–H groups in total. The third-order valence-electron chi connectivity index (χ3n) is 6.49. The molecule has 1 aliphatic rings. The predicted octanol–water partition coefficient (Wildman–Crippen LogP) is 1.94. The van der Waals surface area contributed by atoms with Crippen LogP contribution >= 0.6 is 0 Å². The molecule has 0 unspecified atom stereocenters. The van der Waals surface area contributed by atoms with E-state index in [2.05, 4.69) is 9.80 Å². The molecule has 0 atom stereocenters. The van der Waals surface area contributed by atoms with Crippen molar-refractivity contribution < 1.29 is 4.39 Å². The summed E-state index contributed by atoms with van der Waals surface area (Å²) in [5, 5.41) is 0.